The lowest BCUT2D eigenvalue weighted by Crippen LogP contribution is -2.54. The second kappa shape index (κ2) is 13.2. The Labute approximate surface area is 176 Å². The SMILES string of the molecule is CCNC(=NCCCN(C)CC(F)(F)F)N1CCN(C(=O)OCC)CC1.I. The fourth-order valence-corrected chi connectivity index (χ4v) is 2.65. The van der Waals surface area contributed by atoms with E-state index in [2.05, 4.69) is 15.2 Å². The van der Waals surface area contributed by atoms with E-state index in [0.29, 0.717) is 58.8 Å². The number of carbonyl (C=O) groups is 1. The van der Waals surface area contributed by atoms with Gasteiger partial charge in [-0.05, 0) is 33.9 Å². The highest BCUT2D eigenvalue weighted by Gasteiger charge is 2.28. The lowest BCUT2D eigenvalue weighted by Gasteiger charge is -2.35. The number of guanidine groups is 1. The van der Waals surface area contributed by atoms with Gasteiger partial charge in [0.05, 0.1) is 13.2 Å². The van der Waals surface area contributed by atoms with Gasteiger partial charge >= 0.3 is 12.3 Å². The van der Waals surface area contributed by atoms with E-state index in [0.717, 1.165) is 5.96 Å². The molecule has 0 saturated carbocycles. The summed E-state index contributed by atoms with van der Waals surface area (Å²) in [4.78, 5) is 21.2. The fraction of sp³-hybridized carbons (Fsp3) is 0.875. The van der Waals surface area contributed by atoms with Gasteiger partial charge in [-0.2, -0.15) is 13.2 Å². The number of nitrogens with zero attached hydrogens (tertiary/aromatic N) is 4. The van der Waals surface area contributed by atoms with Gasteiger partial charge in [0.2, 0.25) is 0 Å². The molecule has 1 N–H and O–H groups in total. The molecule has 7 nitrogen and oxygen atoms in total. The first-order chi connectivity index (χ1) is 12.3. The molecule has 0 unspecified atom stereocenters. The van der Waals surface area contributed by atoms with E-state index in [1.165, 1.54) is 11.9 Å². The molecule has 0 aromatic carbocycles. The molecular weight excluding hydrogens is 478 g/mol. The molecule has 1 saturated heterocycles. The van der Waals surface area contributed by atoms with Crippen molar-refractivity contribution in [2.75, 3.05) is 66.0 Å². The number of piperazine rings is 1. The summed E-state index contributed by atoms with van der Waals surface area (Å²) in [7, 11) is 1.46. The summed E-state index contributed by atoms with van der Waals surface area (Å²) in [5.74, 6) is 0.731. The van der Waals surface area contributed by atoms with E-state index in [-0.39, 0.29) is 30.1 Å². The van der Waals surface area contributed by atoms with Crippen molar-refractivity contribution in [1.29, 1.82) is 0 Å². The minimum atomic E-state index is -4.18. The largest absolute Gasteiger partial charge is 0.450 e. The number of alkyl halides is 3. The van der Waals surface area contributed by atoms with Crippen LogP contribution in [0.15, 0.2) is 4.99 Å². The number of halogens is 4. The molecule has 0 bridgehead atoms. The van der Waals surface area contributed by atoms with Crippen LogP contribution >= 0.6 is 24.0 Å². The van der Waals surface area contributed by atoms with Crippen molar-refractivity contribution >= 4 is 36.0 Å². The van der Waals surface area contributed by atoms with Gasteiger partial charge in [0.1, 0.15) is 0 Å². The Morgan fingerprint density at radius 2 is 1.78 bits per heavy atom. The van der Waals surface area contributed by atoms with E-state index in [9.17, 15) is 18.0 Å². The molecule has 0 radical (unpaired) electrons. The zero-order valence-corrected chi connectivity index (χ0v) is 18.5. The van der Waals surface area contributed by atoms with Crippen molar-refractivity contribution in [3.8, 4) is 0 Å². The molecule has 0 aromatic rings. The van der Waals surface area contributed by atoms with Crippen LogP contribution in [0.25, 0.3) is 0 Å². The molecule has 0 aromatic heterocycles. The van der Waals surface area contributed by atoms with Gasteiger partial charge in [-0.25, -0.2) is 4.79 Å². The molecule has 11 heteroatoms. The molecule has 0 spiro atoms. The van der Waals surface area contributed by atoms with Crippen LogP contribution in [0, 0.1) is 0 Å². The molecule has 1 rings (SSSR count). The molecule has 0 atom stereocenters. The van der Waals surface area contributed by atoms with Crippen molar-refractivity contribution in [3.63, 3.8) is 0 Å². The lowest BCUT2D eigenvalue weighted by molar-refractivity contribution is -0.143. The van der Waals surface area contributed by atoms with Gasteiger partial charge in [0, 0.05) is 39.3 Å². The van der Waals surface area contributed by atoms with Crippen molar-refractivity contribution < 1.29 is 22.7 Å². The monoisotopic (exact) mass is 509 g/mol. The highest BCUT2D eigenvalue weighted by Crippen LogP contribution is 2.15. The van der Waals surface area contributed by atoms with E-state index >= 15 is 0 Å². The normalized spacial score (nSPS) is 15.6. The highest BCUT2D eigenvalue weighted by molar-refractivity contribution is 14.0. The molecule has 1 aliphatic heterocycles. The van der Waals surface area contributed by atoms with Crippen LogP contribution in [0.5, 0.6) is 0 Å². The molecule has 1 aliphatic rings. The summed E-state index contributed by atoms with van der Waals surface area (Å²) < 4.78 is 41.9. The number of aliphatic imine (C=N–C) groups is 1. The molecule has 1 amide bonds. The van der Waals surface area contributed by atoms with Gasteiger partial charge < -0.3 is 19.9 Å². The average Bonchev–Trinajstić information content (AvgIpc) is 2.56. The molecular formula is C16H31F3IN5O2. The molecule has 0 aliphatic carbocycles. The maximum atomic E-state index is 12.3. The minimum absolute atomic E-state index is 0. The number of amides is 1. The van der Waals surface area contributed by atoms with Crippen LogP contribution in [0.3, 0.4) is 0 Å². The van der Waals surface area contributed by atoms with Gasteiger partial charge in [0.25, 0.3) is 0 Å². The summed E-state index contributed by atoms with van der Waals surface area (Å²) in [5.41, 5.74) is 0. The second-order valence-electron chi connectivity index (χ2n) is 6.12. The third-order valence-electron chi connectivity index (χ3n) is 3.85. The van der Waals surface area contributed by atoms with Gasteiger partial charge in [-0.1, -0.05) is 0 Å². The number of nitrogens with one attached hydrogen (secondary N) is 1. The highest BCUT2D eigenvalue weighted by atomic mass is 127. The summed E-state index contributed by atoms with van der Waals surface area (Å²) in [6, 6.07) is 0. The first-order valence-electron chi connectivity index (χ1n) is 8.97. The van der Waals surface area contributed by atoms with E-state index < -0.39 is 12.7 Å². The maximum absolute atomic E-state index is 12.3. The Bertz CT molecular complexity index is 458. The third-order valence-corrected chi connectivity index (χ3v) is 3.85. The number of carbonyl (C=O) groups excluding carboxylic acids is 1. The standard InChI is InChI=1S/C16H30F3N5O2.HI/c1-4-20-14(21-7-6-8-22(3)13-16(17,18)19)23-9-11-24(12-10-23)15(25)26-5-2;/h4-13H2,1-3H3,(H,20,21);1H. The van der Waals surface area contributed by atoms with Crippen LogP contribution in [0.1, 0.15) is 20.3 Å². The number of rotatable bonds is 7. The maximum Gasteiger partial charge on any atom is 0.409 e. The summed E-state index contributed by atoms with van der Waals surface area (Å²) in [6.07, 6.45) is -3.93. The third kappa shape index (κ3) is 10.8. The van der Waals surface area contributed by atoms with Crippen LogP contribution in [-0.4, -0.2) is 98.9 Å². The lowest BCUT2D eigenvalue weighted by atomic mass is 10.3. The zero-order chi connectivity index (χ0) is 19.6. The summed E-state index contributed by atoms with van der Waals surface area (Å²) in [6.45, 7) is 7.04. The van der Waals surface area contributed by atoms with Crippen LogP contribution in [0.2, 0.25) is 0 Å². The van der Waals surface area contributed by atoms with Crippen LogP contribution in [-0.2, 0) is 4.74 Å². The predicted octanol–water partition coefficient (Wildman–Crippen LogP) is 2.23. The van der Waals surface area contributed by atoms with Gasteiger partial charge in [-0.3, -0.25) is 9.89 Å². The Hall–Kier alpha value is -0.980. The first kappa shape index (κ1) is 26.0. The average molecular weight is 509 g/mol. The van der Waals surface area contributed by atoms with E-state index in [1.54, 1.807) is 11.8 Å². The van der Waals surface area contributed by atoms with Gasteiger partial charge in [-0.15, -0.1) is 24.0 Å². The smallest absolute Gasteiger partial charge is 0.409 e. The van der Waals surface area contributed by atoms with E-state index in [4.69, 9.17) is 4.74 Å². The van der Waals surface area contributed by atoms with Gasteiger partial charge in [0.15, 0.2) is 5.96 Å². The van der Waals surface area contributed by atoms with Crippen molar-refractivity contribution in [1.82, 2.24) is 20.0 Å². The quantitative estimate of drug-likeness (QED) is 0.247. The number of hydrogen-bond acceptors (Lipinski definition) is 4. The molecule has 1 fully saturated rings. The zero-order valence-electron chi connectivity index (χ0n) is 16.2. The predicted molar refractivity (Wildman–Crippen MR) is 110 cm³/mol. The van der Waals surface area contributed by atoms with Crippen molar-refractivity contribution in [2.24, 2.45) is 4.99 Å². The molecule has 1 heterocycles. The summed E-state index contributed by atoms with van der Waals surface area (Å²) in [5, 5.41) is 3.20. The van der Waals surface area contributed by atoms with Crippen LogP contribution < -0.4 is 5.32 Å². The molecule has 160 valence electrons. The minimum Gasteiger partial charge on any atom is -0.450 e. The molecule has 27 heavy (non-hydrogen) atoms. The summed E-state index contributed by atoms with van der Waals surface area (Å²) >= 11 is 0. The Morgan fingerprint density at radius 3 is 2.30 bits per heavy atom. The van der Waals surface area contributed by atoms with Crippen molar-refractivity contribution in [2.45, 2.75) is 26.4 Å². The number of ether oxygens (including phenoxy) is 1. The van der Waals surface area contributed by atoms with Crippen molar-refractivity contribution in [3.05, 3.63) is 0 Å². The number of hydrogen-bond donors (Lipinski definition) is 1. The topological polar surface area (TPSA) is 60.4 Å². The second-order valence-corrected chi connectivity index (χ2v) is 6.12. The van der Waals surface area contributed by atoms with E-state index in [1.807, 2.05) is 6.92 Å². The Kier molecular flexibility index (Phi) is 12.8. The van der Waals surface area contributed by atoms with Crippen LogP contribution in [0.4, 0.5) is 18.0 Å². The Morgan fingerprint density at radius 1 is 1.19 bits per heavy atom. The first-order valence-corrected chi connectivity index (χ1v) is 8.97. The fourth-order valence-electron chi connectivity index (χ4n) is 2.65. The Balaban J connectivity index is 0.00000676.